The van der Waals surface area contributed by atoms with Crippen molar-refractivity contribution in [2.75, 3.05) is 16.8 Å². The predicted octanol–water partition coefficient (Wildman–Crippen LogP) is 4.86. The summed E-state index contributed by atoms with van der Waals surface area (Å²) in [5.74, 6) is 0.753. The molecular formula is C19H19N3OS. The zero-order valence-electron chi connectivity index (χ0n) is 13.7. The normalized spacial score (nSPS) is 10.4. The molecule has 0 saturated heterocycles. The largest absolute Gasteiger partial charge is 0.327 e. The number of aryl methyl sites for hydroxylation is 1. The van der Waals surface area contributed by atoms with Gasteiger partial charge in [0.25, 0.3) is 5.91 Å². The van der Waals surface area contributed by atoms with E-state index < -0.39 is 0 Å². The van der Waals surface area contributed by atoms with Gasteiger partial charge < -0.3 is 10.2 Å². The van der Waals surface area contributed by atoms with Gasteiger partial charge in [-0.05, 0) is 55.1 Å². The SMILES string of the molecule is CCN(c1cccc(C)c1)c1ccc(NC(=O)c2cccs2)cn1. The Bertz CT molecular complexity index is 813. The number of nitrogens with zero attached hydrogens (tertiary/aromatic N) is 2. The lowest BCUT2D eigenvalue weighted by molar-refractivity contribution is 0.103. The molecule has 122 valence electrons. The van der Waals surface area contributed by atoms with Crippen LogP contribution in [-0.2, 0) is 0 Å². The molecule has 1 amide bonds. The second-order valence-electron chi connectivity index (χ2n) is 5.42. The molecule has 0 aliphatic rings. The lowest BCUT2D eigenvalue weighted by Crippen LogP contribution is -2.17. The van der Waals surface area contributed by atoms with Crippen LogP contribution in [0.5, 0.6) is 0 Å². The molecule has 0 unspecified atom stereocenters. The Morgan fingerprint density at radius 2 is 2.08 bits per heavy atom. The highest BCUT2D eigenvalue weighted by Crippen LogP contribution is 2.25. The van der Waals surface area contributed by atoms with Crippen molar-refractivity contribution in [1.29, 1.82) is 0 Å². The fourth-order valence-corrected chi connectivity index (χ4v) is 3.11. The number of carbonyl (C=O) groups excluding carboxylic acids is 1. The van der Waals surface area contributed by atoms with Crippen molar-refractivity contribution in [2.24, 2.45) is 0 Å². The second kappa shape index (κ2) is 7.27. The second-order valence-corrected chi connectivity index (χ2v) is 6.37. The number of thiophene rings is 1. The van der Waals surface area contributed by atoms with E-state index in [1.807, 2.05) is 29.6 Å². The average Bonchev–Trinajstić information content (AvgIpc) is 3.12. The third-order valence-corrected chi connectivity index (χ3v) is 4.53. The van der Waals surface area contributed by atoms with E-state index in [-0.39, 0.29) is 5.91 Å². The van der Waals surface area contributed by atoms with E-state index in [1.54, 1.807) is 12.3 Å². The summed E-state index contributed by atoms with van der Waals surface area (Å²) in [7, 11) is 0. The number of rotatable bonds is 5. The van der Waals surface area contributed by atoms with Gasteiger partial charge in [-0.15, -0.1) is 11.3 Å². The first kappa shape index (κ1) is 16.2. The Kier molecular flexibility index (Phi) is 4.91. The van der Waals surface area contributed by atoms with E-state index in [0.29, 0.717) is 10.6 Å². The van der Waals surface area contributed by atoms with Gasteiger partial charge in [0, 0.05) is 12.2 Å². The lowest BCUT2D eigenvalue weighted by Gasteiger charge is -2.22. The number of nitrogens with one attached hydrogen (secondary N) is 1. The minimum atomic E-state index is -0.106. The van der Waals surface area contributed by atoms with Gasteiger partial charge in [0.15, 0.2) is 0 Å². The number of benzene rings is 1. The van der Waals surface area contributed by atoms with Gasteiger partial charge in [0.05, 0.1) is 16.8 Å². The third kappa shape index (κ3) is 3.63. The summed E-state index contributed by atoms with van der Waals surface area (Å²) in [4.78, 5) is 19.4. The first-order chi connectivity index (χ1) is 11.7. The van der Waals surface area contributed by atoms with Gasteiger partial charge in [-0.25, -0.2) is 4.98 Å². The molecule has 0 aliphatic heterocycles. The summed E-state index contributed by atoms with van der Waals surface area (Å²) in [6.07, 6.45) is 1.69. The molecule has 1 aromatic carbocycles. The van der Waals surface area contributed by atoms with Crippen molar-refractivity contribution < 1.29 is 4.79 Å². The van der Waals surface area contributed by atoms with Crippen LogP contribution in [0, 0.1) is 6.92 Å². The molecule has 1 N–H and O–H groups in total. The molecule has 2 aromatic heterocycles. The van der Waals surface area contributed by atoms with Crippen LogP contribution < -0.4 is 10.2 Å². The molecule has 0 spiro atoms. The maximum atomic E-state index is 12.1. The van der Waals surface area contributed by atoms with Crippen LogP contribution in [0.15, 0.2) is 60.1 Å². The molecule has 2 heterocycles. The fraction of sp³-hybridized carbons (Fsp3) is 0.158. The van der Waals surface area contributed by atoms with Gasteiger partial charge in [-0.3, -0.25) is 4.79 Å². The number of hydrogen-bond donors (Lipinski definition) is 1. The van der Waals surface area contributed by atoms with E-state index in [4.69, 9.17) is 0 Å². The third-order valence-electron chi connectivity index (χ3n) is 3.66. The molecule has 0 atom stereocenters. The Hall–Kier alpha value is -2.66. The topological polar surface area (TPSA) is 45.2 Å². The van der Waals surface area contributed by atoms with Crippen LogP contribution >= 0.6 is 11.3 Å². The van der Waals surface area contributed by atoms with E-state index in [2.05, 4.69) is 47.2 Å². The van der Waals surface area contributed by atoms with E-state index >= 15 is 0 Å². The summed E-state index contributed by atoms with van der Waals surface area (Å²) >= 11 is 1.42. The summed E-state index contributed by atoms with van der Waals surface area (Å²) in [6, 6.07) is 15.8. The average molecular weight is 337 g/mol. The zero-order chi connectivity index (χ0) is 16.9. The van der Waals surface area contributed by atoms with E-state index in [9.17, 15) is 4.79 Å². The molecule has 0 aliphatic carbocycles. The maximum Gasteiger partial charge on any atom is 0.265 e. The number of pyridine rings is 1. The number of hydrogen-bond acceptors (Lipinski definition) is 4. The smallest absolute Gasteiger partial charge is 0.265 e. The van der Waals surface area contributed by atoms with Gasteiger partial charge in [-0.1, -0.05) is 18.2 Å². The van der Waals surface area contributed by atoms with Crippen LogP contribution in [0.2, 0.25) is 0 Å². The molecule has 3 aromatic rings. The molecule has 0 saturated carbocycles. The van der Waals surface area contributed by atoms with E-state index in [0.717, 1.165) is 18.1 Å². The predicted molar refractivity (Wildman–Crippen MR) is 100 cm³/mol. The molecular weight excluding hydrogens is 318 g/mol. The summed E-state index contributed by atoms with van der Waals surface area (Å²) in [5.41, 5.74) is 3.02. The van der Waals surface area contributed by atoms with Crippen LogP contribution in [-0.4, -0.2) is 17.4 Å². The van der Waals surface area contributed by atoms with Crippen LogP contribution in [0.4, 0.5) is 17.2 Å². The molecule has 5 heteroatoms. The van der Waals surface area contributed by atoms with Crippen LogP contribution in [0.3, 0.4) is 0 Å². The number of amides is 1. The zero-order valence-corrected chi connectivity index (χ0v) is 14.5. The first-order valence-electron chi connectivity index (χ1n) is 7.82. The van der Waals surface area contributed by atoms with Crippen molar-refractivity contribution in [2.45, 2.75) is 13.8 Å². The van der Waals surface area contributed by atoms with Crippen LogP contribution in [0.25, 0.3) is 0 Å². The number of aromatic nitrogens is 1. The summed E-state index contributed by atoms with van der Waals surface area (Å²) < 4.78 is 0. The van der Waals surface area contributed by atoms with Crippen molar-refractivity contribution in [3.63, 3.8) is 0 Å². The lowest BCUT2D eigenvalue weighted by atomic mass is 10.2. The number of anilines is 3. The van der Waals surface area contributed by atoms with Gasteiger partial charge >= 0.3 is 0 Å². The Balaban J connectivity index is 1.76. The number of carbonyl (C=O) groups is 1. The Morgan fingerprint density at radius 1 is 1.21 bits per heavy atom. The highest BCUT2D eigenvalue weighted by molar-refractivity contribution is 7.12. The summed E-state index contributed by atoms with van der Waals surface area (Å²) in [6.45, 7) is 4.99. The minimum Gasteiger partial charge on any atom is -0.327 e. The molecule has 0 radical (unpaired) electrons. The van der Waals surface area contributed by atoms with Crippen molar-refractivity contribution in [3.05, 3.63) is 70.5 Å². The molecule has 24 heavy (non-hydrogen) atoms. The fourth-order valence-electron chi connectivity index (χ4n) is 2.49. The molecule has 0 fully saturated rings. The quantitative estimate of drug-likeness (QED) is 0.723. The highest BCUT2D eigenvalue weighted by atomic mass is 32.1. The maximum absolute atomic E-state index is 12.1. The van der Waals surface area contributed by atoms with Crippen molar-refractivity contribution >= 4 is 34.4 Å². The molecule has 4 nitrogen and oxygen atoms in total. The van der Waals surface area contributed by atoms with Crippen molar-refractivity contribution in [1.82, 2.24) is 4.98 Å². The molecule has 0 bridgehead atoms. The van der Waals surface area contributed by atoms with Crippen LogP contribution in [0.1, 0.15) is 22.2 Å². The van der Waals surface area contributed by atoms with E-state index in [1.165, 1.54) is 16.9 Å². The first-order valence-corrected chi connectivity index (χ1v) is 8.70. The van der Waals surface area contributed by atoms with Crippen molar-refractivity contribution in [3.8, 4) is 0 Å². The van der Waals surface area contributed by atoms with Gasteiger partial charge in [-0.2, -0.15) is 0 Å². The minimum absolute atomic E-state index is 0.106. The standard InChI is InChI=1S/C19H19N3OS/c1-3-22(16-7-4-6-14(2)12-16)18-10-9-15(13-20-18)21-19(23)17-8-5-11-24-17/h4-13H,3H2,1-2H3,(H,21,23). The Labute approximate surface area is 145 Å². The van der Waals surface area contributed by atoms with Gasteiger partial charge in [0.1, 0.15) is 5.82 Å². The molecule has 3 rings (SSSR count). The van der Waals surface area contributed by atoms with Gasteiger partial charge in [0.2, 0.25) is 0 Å². The summed E-state index contributed by atoms with van der Waals surface area (Å²) in [5, 5.41) is 4.75. The Morgan fingerprint density at radius 3 is 2.71 bits per heavy atom. The highest BCUT2D eigenvalue weighted by Gasteiger charge is 2.10. The monoisotopic (exact) mass is 337 g/mol.